The van der Waals surface area contributed by atoms with Crippen LogP contribution >= 0.6 is 15.9 Å². The summed E-state index contributed by atoms with van der Waals surface area (Å²) in [6.07, 6.45) is 3.40. The van der Waals surface area contributed by atoms with Crippen molar-refractivity contribution in [2.75, 3.05) is 11.4 Å². The highest BCUT2D eigenvalue weighted by Crippen LogP contribution is 2.30. The molecule has 1 aliphatic heterocycles. The van der Waals surface area contributed by atoms with Gasteiger partial charge < -0.3 is 4.74 Å². The summed E-state index contributed by atoms with van der Waals surface area (Å²) in [5.74, 6) is 0.826. The molecule has 0 aromatic carbocycles. The number of rotatable bonds is 0. The van der Waals surface area contributed by atoms with Gasteiger partial charge in [-0.15, -0.1) is 0 Å². The Balaban J connectivity index is 2.06. The number of halogens is 1. The fourth-order valence-electron chi connectivity index (χ4n) is 2.51. The van der Waals surface area contributed by atoms with Gasteiger partial charge >= 0.3 is 6.09 Å². The first kappa shape index (κ1) is 14.4. The summed E-state index contributed by atoms with van der Waals surface area (Å²) in [5.41, 5.74) is 1.29. The van der Waals surface area contributed by atoms with Crippen molar-refractivity contribution in [3.63, 3.8) is 0 Å². The summed E-state index contributed by atoms with van der Waals surface area (Å²) in [6, 6.07) is 3.89. The summed E-state index contributed by atoms with van der Waals surface area (Å²) in [4.78, 5) is 18.8. The molecule has 0 aliphatic carbocycles. The lowest BCUT2D eigenvalue weighted by atomic mass is 10.1. The molecule has 21 heavy (non-hydrogen) atoms. The van der Waals surface area contributed by atoms with Crippen LogP contribution in [0.2, 0.25) is 0 Å². The van der Waals surface area contributed by atoms with Crippen LogP contribution in [0.25, 0.3) is 5.65 Å². The molecule has 3 rings (SSSR count). The fourth-order valence-corrected chi connectivity index (χ4v) is 2.85. The van der Waals surface area contributed by atoms with Gasteiger partial charge in [-0.25, -0.2) is 9.78 Å². The van der Waals surface area contributed by atoms with Crippen LogP contribution in [0.4, 0.5) is 10.6 Å². The second-order valence-electron chi connectivity index (χ2n) is 6.19. The summed E-state index contributed by atoms with van der Waals surface area (Å²) >= 11 is 3.47. The first-order chi connectivity index (χ1) is 9.85. The number of aromatic nitrogens is 2. The molecule has 0 spiro atoms. The summed E-state index contributed by atoms with van der Waals surface area (Å²) in [5, 5.41) is 0. The maximum Gasteiger partial charge on any atom is 0.416 e. The molecule has 0 N–H and O–H groups in total. The monoisotopic (exact) mass is 351 g/mol. The molecule has 0 radical (unpaired) electrons. The summed E-state index contributed by atoms with van der Waals surface area (Å²) in [7, 11) is 0. The highest BCUT2D eigenvalue weighted by Gasteiger charge is 2.30. The Morgan fingerprint density at radius 3 is 2.86 bits per heavy atom. The van der Waals surface area contributed by atoms with Crippen LogP contribution in [0.15, 0.2) is 22.8 Å². The third-order valence-corrected chi connectivity index (χ3v) is 3.76. The molecule has 2 aromatic heterocycles. The van der Waals surface area contributed by atoms with Gasteiger partial charge in [0.05, 0.1) is 5.69 Å². The standard InChI is InChI=1S/C15H18BrN3O2/c1-15(2,3)21-14(20)18-8-4-5-11-13(18)19-9-10(16)6-7-12(19)17-11/h6-7,9H,4-5,8H2,1-3H3. The number of hydrogen-bond donors (Lipinski definition) is 0. The van der Waals surface area contributed by atoms with E-state index < -0.39 is 5.60 Å². The van der Waals surface area contributed by atoms with Crippen LogP contribution in [-0.4, -0.2) is 27.6 Å². The number of imidazole rings is 1. The Morgan fingerprint density at radius 2 is 2.14 bits per heavy atom. The van der Waals surface area contributed by atoms with Gasteiger partial charge in [-0.1, -0.05) is 0 Å². The average molecular weight is 352 g/mol. The minimum absolute atomic E-state index is 0.315. The van der Waals surface area contributed by atoms with Gasteiger partial charge in [0.25, 0.3) is 0 Å². The van der Waals surface area contributed by atoms with E-state index in [2.05, 4.69) is 20.9 Å². The fraction of sp³-hybridized carbons (Fsp3) is 0.467. The van der Waals surface area contributed by atoms with Crippen molar-refractivity contribution in [1.29, 1.82) is 0 Å². The molecular weight excluding hydrogens is 334 g/mol. The minimum atomic E-state index is -0.504. The second kappa shape index (κ2) is 5.02. The zero-order chi connectivity index (χ0) is 15.2. The van der Waals surface area contributed by atoms with Crippen LogP contribution in [0.1, 0.15) is 32.9 Å². The lowest BCUT2D eigenvalue weighted by Crippen LogP contribution is -2.40. The third-order valence-electron chi connectivity index (χ3n) is 3.29. The first-order valence-electron chi connectivity index (χ1n) is 7.02. The quantitative estimate of drug-likeness (QED) is 0.725. The van der Waals surface area contributed by atoms with Gasteiger partial charge in [0, 0.05) is 17.2 Å². The lowest BCUT2D eigenvalue weighted by molar-refractivity contribution is 0.0576. The highest BCUT2D eigenvalue weighted by molar-refractivity contribution is 9.10. The SMILES string of the molecule is CC(C)(C)OC(=O)N1CCCc2nc3ccc(Br)cn3c21. The predicted molar refractivity (Wildman–Crippen MR) is 84.8 cm³/mol. The number of anilines is 1. The van der Waals surface area contributed by atoms with Crippen LogP contribution in [0.5, 0.6) is 0 Å². The number of amides is 1. The molecule has 3 heterocycles. The molecule has 0 bridgehead atoms. The summed E-state index contributed by atoms with van der Waals surface area (Å²) in [6.45, 7) is 6.28. The zero-order valence-corrected chi connectivity index (χ0v) is 14.0. The van der Waals surface area contributed by atoms with Crippen molar-refractivity contribution in [1.82, 2.24) is 9.38 Å². The Morgan fingerprint density at radius 1 is 1.38 bits per heavy atom. The van der Waals surface area contributed by atoms with Gasteiger partial charge in [0.1, 0.15) is 17.1 Å². The van der Waals surface area contributed by atoms with Gasteiger partial charge in [0.15, 0.2) is 0 Å². The Hall–Kier alpha value is -1.56. The van der Waals surface area contributed by atoms with Crippen LogP contribution in [0.3, 0.4) is 0 Å². The number of hydrogen-bond acceptors (Lipinski definition) is 3. The van der Waals surface area contributed by atoms with Crippen molar-refractivity contribution in [2.45, 2.75) is 39.2 Å². The number of carbonyl (C=O) groups is 1. The van der Waals surface area contributed by atoms with E-state index in [9.17, 15) is 4.79 Å². The molecule has 2 aromatic rings. The summed E-state index contributed by atoms with van der Waals surface area (Å²) < 4.78 is 8.41. The topological polar surface area (TPSA) is 46.8 Å². The average Bonchev–Trinajstić information content (AvgIpc) is 2.74. The van der Waals surface area contributed by atoms with E-state index in [1.165, 1.54) is 0 Å². The van der Waals surface area contributed by atoms with E-state index in [1.807, 2.05) is 43.5 Å². The van der Waals surface area contributed by atoms with Gasteiger partial charge in [-0.2, -0.15) is 0 Å². The molecule has 0 unspecified atom stereocenters. The zero-order valence-electron chi connectivity index (χ0n) is 12.4. The Labute approximate surface area is 132 Å². The minimum Gasteiger partial charge on any atom is -0.443 e. The largest absolute Gasteiger partial charge is 0.443 e. The molecule has 5 nitrogen and oxygen atoms in total. The van der Waals surface area contributed by atoms with Gasteiger partial charge in [-0.05, 0) is 61.7 Å². The number of fused-ring (bicyclic) bond motifs is 3. The number of aryl methyl sites for hydroxylation is 1. The normalized spacial score (nSPS) is 15.1. The number of nitrogens with zero attached hydrogens (tertiary/aromatic N) is 3. The maximum atomic E-state index is 12.5. The van der Waals surface area contributed by atoms with E-state index in [0.717, 1.165) is 34.5 Å². The predicted octanol–water partition coefficient (Wildman–Crippen LogP) is 3.78. The molecule has 112 valence electrons. The van der Waals surface area contributed by atoms with Gasteiger partial charge in [-0.3, -0.25) is 9.30 Å². The lowest BCUT2D eigenvalue weighted by Gasteiger charge is -2.29. The van der Waals surface area contributed by atoms with E-state index in [0.29, 0.717) is 6.54 Å². The van der Waals surface area contributed by atoms with E-state index in [-0.39, 0.29) is 6.09 Å². The maximum absolute atomic E-state index is 12.5. The second-order valence-corrected chi connectivity index (χ2v) is 7.11. The van der Waals surface area contributed by atoms with Crippen LogP contribution < -0.4 is 4.90 Å². The third kappa shape index (κ3) is 2.77. The van der Waals surface area contributed by atoms with Crippen molar-refractivity contribution < 1.29 is 9.53 Å². The number of carbonyl (C=O) groups excluding carboxylic acids is 1. The molecule has 1 aliphatic rings. The molecule has 0 fully saturated rings. The first-order valence-corrected chi connectivity index (χ1v) is 7.81. The number of pyridine rings is 1. The highest BCUT2D eigenvalue weighted by atomic mass is 79.9. The Kier molecular flexibility index (Phi) is 3.43. The molecule has 0 saturated carbocycles. The van der Waals surface area contributed by atoms with Gasteiger partial charge in [0.2, 0.25) is 0 Å². The molecular formula is C15H18BrN3O2. The van der Waals surface area contributed by atoms with Crippen molar-refractivity contribution >= 4 is 33.5 Å². The molecule has 0 atom stereocenters. The van der Waals surface area contributed by atoms with Crippen molar-refractivity contribution in [2.24, 2.45) is 0 Å². The van der Waals surface area contributed by atoms with E-state index in [4.69, 9.17) is 4.74 Å². The van der Waals surface area contributed by atoms with E-state index >= 15 is 0 Å². The molecule has 1 amide bonds. The van der Waals surface area contributed by atoms with E-state index in [1.54, 1.807) is 4.90 Å². The van der Waals surface area contributed by atoms with Crippen molar-refractivity contribution in [3.05, 3.63) is 28.5 Å². The number of ether oxygens (including phenoxy) is 1. The van der Waals surface area contributed by atoms with Crippen molar-refractivity contribution in [3.8, 4) is 0 Å². The smallest absolute Gasteiger partial charge is 0.416 e. The Bertz CT molecular complexity index is 703. The molecule has 6 heteroatoms. The van der Waals surface area contributed by atoms with Crippen LogP contribution in [0, 0.1) is 0 Å². The van der Waals surface area contributed by atoms with Crippen LogP contribution in [-0.2, 0) is 11.2 Å². The molecule has 0 saturated heterocycles.